The van der Waals surface area contributed by atoms with Crippen molar-refractivity contribution in [2.75, 3.05) is 11.1 Å². The van der Waals surface area contributed by atoms with E-state index in [-0.39, 0.29) is 11.7 Å². The molecule has 2 aromatic rings. The predicted octanol–water partition coefficient (Wildman–Crippen LogP) is 4.68. The van der Waals surface area contributed by atoms with Crippen molar-refractivity contribution < 1.29 is 9.18 Å². The average Bonchev–Trinajstić information content (AvgIpc) is 2.47. The summed E-state index contributed by atoms with van der Waals surface area (Å²) in [6.45, 7) is 4.23. The highest BCUT2D eigenvalue weighted by Crippen LogP contribution is 2.20. The van der Waals surface area contributed by atoms with Crippen molar-refractivity contribution in [3.63, 3.8) is 0 Å². The first kappa shape index (κ1) is 15.6. The molecule has 21 heavy (non-hydrogen) atoms. The summed E-state index contributed by atoms with van der Waals surface area (Å²) in [6, 6.07) is 14.0. The van der Waals surface area contributed by atoms with Crippen LogP contribution in [0, 0.1) is 5.82 Å². The van der Waals surface area contributed by atoms with Crippen LogP contribution in [0.3, 0.4) is 0 Å². The van der Waals surface area contributed by atoms with Crippen molar-refractivity contribution in [1.82, 2.24) is 0 Å². The molecule has 0 bridgehead atoms. The number of nitrogens with one attached hydrogen (secondary N) is 1. The second-order valence-corrected chi connectivity index (χ2v) is 6.12. The fraction of sp³-hybridized carbons (Fsp3) is 0.235. The predicted molar refractivity (Wildman–Crippen MR) is 86.3 cm³/mol. The van der Waals surface area contributed by atoms with E-state index in [0.717, 1.165) is 10.6 Å². The minimum absolute atomic E-state index is 0.0646. The highest BCUT2D eigenvalue weighted by atomic mass is 32.2. The van der Waals surface area contributed by atoms with Gasteiger partial charge in [0.05, 0.1) is 5.75 Å². The summed E-state index contributed by atoms with van der Waals surface area (Å²) in [5.41, 5.74) is 2.00. The first-order chi connectivity index (χ1) is 10.0. The standard InChI is InChI=1S/C17H18FNOS/c1-12(2)13-4-3-5-15(10-13)19-17(20)11-21-16-8-6-14(18)7-9-16/h3-10,12H,11H2,1-2H3,(H,19,20). The van der Waals surface area contributed by atoms with Crippen LogP contribution in [0.5, 0.6) is 0 Å². The fourth-order valence-corrected chi connectivity index (χ4v) is 2.55. The molecule has 0 aliphatic carbocycles. The Morgan fingerprint density at radius 3 is 2.57 bits per heavy atom. The number of rotatable bonds is 5. The van der Waals surface area contributed by atoms with Gasteiger partial charge in [-0.1, -0.05) is 26.0 Å². The minimum atomic E-state index is -0.269. The van der Waals surface area contributed by atoms with Crippen molar-refractivity contribution in [3.8, 4) is 0 Å². The molecule has 0 unspecified atom stereocenters. The third-order valence-electron chi connectivity index (χ3n) is 3.02. The Hall–Kier alpha value is -1.81. The molecule has 0 aliphatic rings. The molecule has 0 aliphatic heterocycles. The highest BCUT2D eigenvalue weighted by molar-refractivity contribution is 8.00. The normalized spacial score (nSPS) is 10.7. The third-order valence-corrected chi connectivity index (χ3v) is 4.03. The summed E-state index contributed by atoms with van der Waals surface area (Å²) in [4.78, 5) is 12.8. The zero-order valence-electron chi connectivity index (χ0n) is 12.1. The maximum atomic E-state index is 12.8. The number of carbonyl (C=O) groups excluding carboxylic acids is 1. The van der Waals surface area contributed by atoms with E-state index in [1.165, 1.54) is 29.5 Å². The Balaban J connectivity index is 1.89. The van der Waals surface area contributed by atoms with Crippen LogP contribution in [0.15, 0.2) is 53.4 Å². The molecule has 1 N–H and O–H groups in total. The second-order valence-electron chi connectivity index (χ2n) is 5.07. The molecular weight excluding hydrogens is 285 g/mol. The van der Waals surface area contributed by atoms with E-state index in [0.29, 0.717) is 11.7 Å². The molecule has 1 amide bonds. The molecule has 0 saturated carbocycles. The number of carbonyl (C=O) groups is 1. The van der Waals surface area contributed by atoms with Gasteiger partial charge in [0.25, 0.3) is 0 Å². The number of amides is 1. The number of hydrogen-bond donors (Lipinski definition) is 1. The van der Waals surface area contributed by atoms with Crippen LogP contribution in [-0.2, 0) is 4.79 Å². The number of benzene rings is 2. The first-order valence-electron chi connectivity index (χ1n) is 6.83. The number of hydrogen-bond acceptors (Lipinski definition) is 2. The molecule has 0 heterocycles. The summed E-state index contributed by atoms with van der Waals surface area (Å²) in [6.07, 6.45) is 0. The zero-order chi connectivity index (χ0) is 15.2. The summed E-state index contributed by atoms with van der Waals surface area (Å²) >= 11 is 1.39. The topological polar surface area (TPSA) is 29.1 Å². The Bertz CT molecular complexity index is 610. The molecule has 0 radical (unpaired) electrons. The van der Waals surface area contributed by atoms with Crippen molar-refractivity contribution in [2.45, 2.75) is 24.7 Å². The molecule has 0 atom stereocenters. The van der Waals surface area contributed by atoms with Gasteiger partial charge in [-0.15, -0.1) is 11.8 Å². The highest BCUT2D eigenvalue weighted by Gasteiger charge is 2.05. The summed E-state index contributed by atoms with van der Waals surface area (Å²) < 4.78 is 12.8. The van der Waals surface area contributed by atoms with E-state index >= 15 is 0 Å². The van der Waals surface area contributed by atoms with Gasteiger partial charge in [-0.25, -0.2) is 4.39 Å². The van der Waals surface area contributed by atoms with Gasteiger partial charge in [0.2, 0.25) is 5.91 Å². The van der Waals surface area contributed by atoms with Gasteiger partial charge >= 0.3 is 0 Å². The minimum Gasteiger partial charge on any atom is -0.325 e. The van der Waals surface area contributed by atoms with Crippen molar-refractivity contribution in [3.05, 3.63) is 59.9 Å². The van der Waals surface area contributed by atoms with Crippen LogP contribution in [0.25, 0.3) is 0 Å². The second kappa shape index (κ2) is 7.27. The van der Waals surface area contributed by atoms with E-state index in [4.69, 9.17) is 0 Å². The molecule has 0 aromatic heterocycles. The molecule has 2 aromatic carbocycles. The van der Waals surface area contributed by atoms with E-state index in [1.807, 2.05) is 24.3 Å². The molecule has 2 nitrogen and oxygen atoms in total. The van der Waals surface area contributed by atoms with Crippen LogP contribution < -0.4 is 5.32 Å². The molecule has 110 valence electrons. The van der Waals surface area contributed by atoms with Crippen LogP contribution in [0.2, 0.25) is 0 Å². The monoisotopic (exact) mass is 303 g/mol. The summed E-state index contributed by atoms with van der Waals surface area (Å²) in [5, 5.41) is 2.88. The van der Waals surface area contributed by atoms with E-state index in [9.17, 15) is 9.18 Å². The number of thioether (sulfide) groups is 1. The lowest BCUT2D eigenvalue weighted by molar-refractivity contribution is -0.113. The lowest BCUT2D eigenvalue weighted by Crippen LogP contribution is -2.14. The van der Waals surface area contributed by atoms with Crippen LogP contribution >= 0.6 is 11.8 Å². The van der Waals surface area contributed by atoms with E-state index in [1.54, 1.807) is 12.1 Å². The Kier molecular flexibility index (Phi) is 5.39. The molecule has 0 saturated heterocycles. The van der Waals surface area contributed by atoms with Crippen LogP contribution in [0.1, 0.15) is 25.3 Å². The summed E-state index contributed by atoms with van der Waals surface area (Å²) in [5.74, 6) is 0.396. The lowest BCUT2D eigenvalue weighted by Gasteiger charge is -2.09. The molecule has 4 heteroatoms. The number of halogens is 1. The lowest BCUT2D eigenvalue weighted by atomic mass is 10.0. The van der Waals surface area contributed by atoms with Crippen LogP contribution in [-0.4, -0.2) is 11.7 Å². The maximum absolute atomic E-state index is 12.8. The third kappa shape index (κ3) is 4.90. The fourth-order valence-electron chi connectivity index (χ4n) is 1.85. The first-order valence-corrected chi connectivity index (χ1v) is 7.81. The molecule has 0 spiro atoms. The SMILES string of the molecule is CC(C)c1cccc(NC(=O)CSc2ccc(F)cc2)c1. The van der Waals surface area contributed by atoms with Crippen molar-refractivity contribution >= 4 is 23.4 Å². The van der Waals surface area contributed by atoms with Crippen molar-refractivity contribution in [2.24, 2.45) is 0 Å². The van der Waals surface area contributed by atoms with E-state index < -0.39 is 0 Å². The Labute approximate surface area is 128 Å². The van der Waals surface area contributed by atoms with E-state index in [2.05, 4.69) is 19.2 Å². The molecule has 0 fully saturated rings. The van der Waals surface area contributed by atoms with Gasteiger partial charge in [-0.05, 0) is 47.9 Å². The van der Waals surface area contributed by atoms with Gasteiger partial charge in [0.15, 0.2) is 0 Å². The van der Waals surface area contributed by atoms with Crippen molar-refractivity contribution in [1.29, 1.82) is 0 Å². The smallest absolute Gasteiger partial charge is 0.234 e. The zero-order valence-corrected chi connectivity index (χ0v) is 12.9. The Morgan fingerprint density at radius 2 is 1.90 bits per heavy atom. The summed E-state index contributed by atoms with van der Waals surface area (Å²) in [7, 11) is 0. The quantitative estimate of drug-likeness (QED) is 0.813. The van der Waals surface area contributed by atoms with Gasteiger partial charge in [-0.2, -0.15) is 0 Å². The van der Waals surface area contributed by atoms with Gasteiger partial charge in [-0.3, -0.25) is 4.79 Å². The largest absolute Gasteiger partial charge is 0.325 e. The molecular formula is C17H18FNOS. The van der Waals surface area contributed by atoms with Gasteiger partial charge in [0, 0.05) is 10.6 Å². The number of anilines is 1. The molecule has 2 rings (SSSR count). The Morgan fingerprint density at radius 1 is 1.19 bits per heavy atom. The van der Waals surface area contributed by atoms with Crippen LogP contribution in [0.4, 0.5) is 10.1 Å². The maximum Gasteiger partial charge on any atom is 0.234 e. The van der Waals surface area contributed by atoms with Gasteiger partial charge < -0.3 is 5.32 Å². The average molecular weight is 303 g/mol. The van der Waals surface area contributed by atoms with Gasteiger partial charge in [0.1, 0.15) is 5.82 Å².